The summed E-state index contributed by atoms with van der Waals surface area (Å²) in [7, 11) is 0. The second-order valence-electron chi connectivity index (χ2n) is 5.00. The Morgan fingerprint density at radius 1 is 1.32 bits per heavy atom. The van der Waals surface area contributed by atoms with Crippen molar-refractivity contribution < 1.29 is 9.53 Å². The predicted molar refractivity (Wildman–Crippen MR) is 71.8 cm³/mol. The minimum Gasteiger partial charge on any atom is -0.462 e. The summed E-state index contributed by atoms with van der Waals surface area (Å²) >= 11 is 0. The summed E-state index contributed by atoms with van der Waals surface area (Å²) in [6.07, 6.45) is 1.71. The van der Waals surface area contributed by atoms with Crippen LogP contribution in [0.25, 0.3) is 11.0 Å². The van der Waals surface area contributed by atoms with Gasteiger partial charge in [0.05, 0.1) is 22.4 Å². The van der Waals surface area contributed by atoms with Gasteiger partial charge in [-0.15, -0.1) is 0 Å². The molecule has 1 heterocycles. The Morgan fingerprint density at radius 2 is 2.00 bits per heavy atom. The largest absolute Gasteiger partial charge is 0.462 e. The van der Waals surface area contributed by atoms with Crippen molar-refractivity contribution in [1.82, 2.24) is 9.97 Å². The first-order valence-corrected chi connectivity index (χ1v) is 6.58. The minimum atomic E-state index is -0.241. The maximum Gasteiger partial charge on any atom is 0.302 e. The van der Waals surface area contributed by atoms with E-state index in [2.05, 4.69) is 4.98 Å². The monoisotopic (exact) mass is 256 g/mol. The molecule has 1 aliphatic rings. The Bertz CT molecular complexity index is 639. The highest BCUT2D eigenvalue weighted by Gasteiger charge is 2.31. The lowest BCUT2D eigenvalue weighted by Crippen LogP contribution is -2.20. The van der Waals surface area contributed by atoms with E-state index in [1.54, 1.807) is 0 Å². The van der Waals surface area contributed by atoms with Crippen molar-refractivity contribution in [3.8, 4) is 0 Å². The molecular formula is C15H16N2O2. The number of benzene rings is 1. The molecule has 0 fully saturated rings. The summed E-state index contributed by atoms with van der Waals surface area (Å²) in [5.41, 5.74) is 3.88. The van der Waals surface area contributed by atoms with Crippen LogP contribution >= 0.6 is 0 Å². The second kappa shape index (κ2) is 4.61. The maximum absolute atomic E-state index is 11.1. The van der Waals surface area contributed by atoms with Gasteiger partial charge in [0.15, 0.2) is 0 Å². The van der Waals surface area contributed by atoms with Crippen molar-refractivity contribution in [3.63, 3.8) is 0 Å². The van der Waals surface area contributed by atoms with E-state index in [1.165, 1.54) is 6.92 Å². The number of carbonyl (C=O) groups excluding carboxylic acids is 1. The van der Waals surface area contributed by atoms with Gasteiger partial charge in [0.1, 0.15) is 6.10 Å². The average molecular weight is 256 g/mol. The smallest absolute Gasteiger partial charge is 0.302 e. The van der Waals surface area contributed by atoms with Crippen molar-refractivity contribution in [1.29, 1.82) is 0 Å². The summed E-state index contributed by atoms with van der Waals surface area (Å²) in [5, 5.41) is 0. The van der Waals surface area contributed by atoms with Gasteiger partial charge in [0.2, 0.25) is 0 Å². The first-order chi connectivity index (χ1) is 9.15. The third-order valence-electron chi connectivity index (χ3n) is 3.64. The van der Waals surface area contributed by atoms with Crippen molar-refractivity contribution in [3.05, 3.63) is 35.7 Å². The molecule has 1 aromatic carbocycles. The highest BCUT2D eigenvalue weighted by molar-refractivity contribution is 5.74. The van der Waals surface area contributed by atoms with Gasteiger partial charge in [-0.2, -0.15) is 0 Å². The lowest BCUT2D eigenvalue weighted by Gasteiger charge is -2.19. The molecule has 2 atom stereocenters. The summed E-state index contributed by atoms with van der Waals surface area (Å²) in [4.78, 5) is 20.5. The highest BCUT2D eigenvalue weighted by Crippen LogP contribution is 2.35. The topological polar surface area (TPSA) is 52.1 Å². The van der Waals surface area contributed by atoms with Gasteiger partial charge in [0.25, 0.3) is 0 Å². The molecule has 4 heteroatoms. The standard InChI is InChI=1S/C15H16N2O2/c1-9(19-10(2)18)11-7-8-14-15(11)17-13-6-4-3-5-12(13)16-14/h3-6,9,11H,7-8H2,1-2H3. The first kappa shape index (κ1) is 12.1. The van der Waals surface area contributed by atoms with Gasteiger partial charge < -0.3 is 4.74 Å². The molecule has 4 nitrogen and oxygen atoms in total. The zero-order valence-electron chi connectivity index (χ0n) is 11.1. The number of para-hydroxylation sites is 2. The maximum atomic E-state index is 11.1. The van der Waals surface area contributed by atoms with Gasteiger partial charge >= 0.3 is 5.97 Å². The molecule has 1 aromatic heterocycles. The molecule has 0 saturated carbocycles. The van der Waals surface area contributed by atoms with E-state index in [-0.39, 0.29) is 18.0 Å². The molecule has 2 aromatic rings. The minimum absolute atomic E-state index is 0.144. The summed E-state index contributed by atoms with van der Waals surface area (Å²) in [6, 6.07) is 7.88. The molecule has 1 aliphatic carbocycles. The van der Waals surface area contributed by atoms with E-state index in [4.69, 9.17) is 9.72 Å². The molecule has 0 radical (unpaired) electrons. The Kier molecular flexibility index (Phi) is 2.93. The van der Waals surface area contributed by atoms with Gasteiger partial charge in [0, 0.05) is 12.8 Å². The van der Waals surface area contributed by atoms with Gasteiger partial charge in [-0.25, -0.2) is 9.97 Å². The van der Waals surface area contributed by atoms with E-state index in [0.717, 1.165) is 35.3 Å². The highest BCUT2D eigenvalue weighted by atomic mass is 16.5. The molecule has 0 saturated heterocycles. The number of esters is 1. The number of rotatable bonds is 2. The fourth-order valence-electron chi connectivity index (χ4n) is 2.76. The number of aromatic nitrogens is 2. The molecule has 0 N–H and O–H groups in total. The third kappa shape index (κ3) is 2.18. The molecule has 98 valence electrons. The van der Waals surface area contributed by atoms with E-state index in [0.29, 0.717) is 0 Å². The molecule has 0 aliphatic heterocycles. The quantitative estimate of drug-likeness (QED) is 0.775. The van der Waals surface area contributed by atoms with Crippen LogP contribution < -0.4 is 0 Å². The van der Waals surface area contributed by atoms with E-state index in [9.17, 15) is 4.79 Å². The molecule has 19 heavy (non-hydrogen) atoms. The molecule has 0 spiro atoms. The van der Waals surface area contributed by atoms with E-state index >= 15 is 0 Å². The lowest BCUT2D eigenvalue weighted by molar-refractivity contribution is -0.146. The van der Waals surface area contributed by atoms with Gasteiger partial charge in [-0.1, -0.05) is 12.1 Å². The molecule has 0 bridgehead atoms. The van der Waals surface area contributed by atoms with Crippen LogP contribution in [0.2, 0.25) is 0 Å². The van der Waals surface area contributed by atoms with Crippen LogP contribution in [-0.4, -0.2) is 22.0 Å². The number of carbonyl (C=O) groups is 1. The number of aryl methyl sites for hydroxylation is 1. The van der Waals surface area contributed by atoms with Crippen molar-refractivity contribution in [2.75, 3.05) is 0 Å². The van der Waals surface area contributed by atoms with Crippen LogP contribution in [0.3, 0.4) is 0 Å². The number of hydrogen-bond donors (Lipinski definition) is 0. The van der Waals surface area contributed by atoms with Crippen molar-refractivity contribution >= 4 is 17.0 Å². The van der Waals surface area contributed by atoms with E-state index < -0.39 is 0 Å². The zero-order valence-corrected chi connectivity index (χ0v) is 11.1. The summed E-state index contributed by atoms with van der Waals surface area (Å²) in [6.45, 7) is 3.37. The number of nitrogens with zero attached hydrogens (tertiary/aromatic N) is 2. The zero-order chi connectivity index (χ0) is 13.4. The van der Waals surface area contributed by atoms with Crippen molar-refractivity contribution in [2.45, 2.75) is 38.7 Å². The fraction of sp³-hybridized carbons (Fsp3) is 0.400. The first-order valence-electron chi connectivity index (χ1n) is 6.58. The molecular weight excluding hydrogens is 240 g/mol. The van der Waals surface area contributed by atoms with E-state index in [1.807, 2.05) is 31.2 Å². The van der Waals surface area contributed by atoms with Crippen LogP contribution in [0.15, 0.2) is 24.3 Å². The van der Waals surface area contributed by atoms with Crippen molar-refractivity contribution in [2.24, 2.45) is 0 Å². The van der Waals surface area contributed by atoms with Crippen LogP contribution in [-0.2, 0) is 16.0 Å². The summed E-state index contributed by atoms with van der Waals surface area (Å²) in [5.74, 6) is -0.0781. The molecule has 0 amide bonds. The van der Waals surface area contributed by atoms with Crippen LogP contribution in [0.4, 0.5) is 0 Å². The molecule has 2 unspecified atom stereocenters. The lowest BCUT2D eigenvalue weighted by atomic mass is 10.0. The summed E-state index contributed by atoms with van der Waals surface area (Å²) < 4.78 is 5.30. The average Bonchev–Trinajstić information content (AvgIpc) is 2.78. The Balaban J connectivity index is 1.99. The Hall–Kier alpha value is -1.97. The number of ether oxygens (including phenoxy) is 1. The number of fused-ring (bicyclic) bond motifs is 2. The van der Waals surface area contributed by atoms with Crippen LogP contribution in [0, 0.1) is 0 Å². The SMILES string of the molecule is CC(=O)OC(C)C1CCc2nc3ccccc3nc21. The Labute approximate surface area is 111 Å². The normalized spacial score (nSPS) is 19.2. The Morgan fingerprint density at radius 3 is 2.68 bits per heavy atom. The predicted octanol–water partition coefficient (Wildman–Crippen LogP) is 2.61. The fourth-order valence-corrected chi connectivity index (χ4v) is 2.76. The second-order valence-corrected chi connectivity index (χ2v) is 5.00. The molecule has 3 rings (SSSR count). The third-order valence-corrected chi connectivity index (χ3v) is 3.64. The van der Waals surface area contributed by atoms with Gasteiger partial charge in [-0.05, 0) is 31.9 Å². The number of hydrogen-bond acceptors (Lipinski definition) is 4. The van der Waals surface area contributed by atoms with Gasteiger partial charge in [-0.3, -0.25) is 4.79 Å². The van der Waals surface area contributed by atoms with Crippen LogP contribution in [0.1, 0.15) is 37.6 Å². The van der Waals surface area contributed by atoms with Crippen LogP contribution in [0.5, 0.6) is 0 Å².